The fraction of sp³-hybridized carbons (Fsp3) is 0.250. The van der Waals surface area contributed by atoms with Crippen molar-refractivity contribution in [3.05, 3.63) is 53.6 Å². The van der Waals surface area contributed by atoms with E-state index in [4.69, 9.17) is 9.47 Å². The van der Waals surface area contributed by atoms with Crippen molar-refractivity contribution < 1.29 is 41.3 Å². The fourth-order valence-electron chi connectivity index (χ4n) is 2.43. The Labute approximate surface area is 170 Å². The van der Waals surface area contributed by atoms with Gasteiger partial charge in [-0.15, -0.1) is 0 Å². The van der Waals surface area contributed by atoms with Crippen molar-refractivity contribution in [1.29, 1.82) is 0 Å². The van der Waals surface area contributed by atoms with Gasteiger partial charge in [0.05, 0.1) is 14.2 Å². The second-order valence-electron chi connectivity index (χ2n) is 5.70. The summed E-state index contributed by atoms with van der Waals surface area (Å²) < 4.78 is 68.5. The average Bonchev–Trinajstić information content (AvgIpc) is 2.70. The lowest BCUT2D eigenvalue weighted by Crippen LogP contribution is -2.20. The number of ether oxygens (including phenoxy) is 4. The van der Waals surface area contributed by atoms with E-state index in [0.29, 0.717) is 11.5 Å². The topological polar surface area (TPSA) is 66.0 Å². The molecule has 1 amide bonds. The van der Waals surface area contributed by atoms with Crippen LogP contribution in [0.15, 0.2) is 42.5 Å². The van der Waals surface area contributed by atoms with E-state index < -0.39 is 24.9 Å². The fourth-order valence-corrected chi connectivity index (χ4v) is 2.43. The van der Waals surface area contributed by atoms with E-state index in [-0.39, 0.29) is 17.9 Å². The van der Waals surface area contributed by atoms with Gasteiger partial charge < -0.3 is 24.3 Å². The van der Waals surface area contributed by atoms with Crippen LogP contribution in [0.25, 0.3) is 6.08 Å². The lowest BCUT2D eigenvalue weighted by molar-refractivity contribution is -0.116. The van der Waals surface area contributed by atoms with E-state index in [9.17, 15) is 22.4 Å². The van der Waals surface area contributed by atoms with Crippen LogP contribution in [0.3, 0.4) is 0 Å². The van der Waals surface area contributed by atoms with Gasteiger partial charge in [0.2, 0.25) is 5.91 Å². The molecule has 6 nitrogen and oxygen atoms in total. The minimum atomic E-state index is -3.18. The van der Waals surface area contributed by atoms with Crippen molar-refractivity contribution in [3.8, 4) is 23.0 Å². The quantitative estimate of drug-likeness (QED) is 0.452. The van der Waals surface area contributed by atoms with Gasteiger partial charge in [-0.2, -0.15) is 17.6 Å². The third kappa shape index (κ3) is 6.87. The molecule has 0 aliphatic carbocycles. The molecule has 0 saturated heterocycles. The van der Waals surface area contributed by atoms with Crippen molar-refractivity contribution in [2.45, 2.75) is 19.8 Å². The molecule has 0 radical (unpaired) electrons. The summed E-state index contributed by atoms with van der Waals surface area (Å²) in [6.45, 7) is -6.13. The van der Waals surface area contributed by atoms with Crippen LogP contribution in [0.2, 0.25) is 0 Å². The number of benzene rings is 2. The third-order valence-corrected chi connectivity index (χ3v) is 3.76. The number of halogens is 4. The molecule has 0 heterocycles. The van der Waals surface area contributed by atoms with Gasteiger partial charge in [0.1, 0.15) is 11.5 Å². The van der Waals surface area contributed by atoms with Crippen molar-refractivity contribution in [1.82, 2.24) is 5.32 Å². The minimum Gasteiger partial charge on any atom is -0.493 e. The van der Waals surface area contributed by atoms with Crippen molar-refractivity contribution >= 4 is 12.0 Å². The molecule has 30 heavy (non-hydrogen) atoms. The number of hydrogen-bond donors (Lipinski definition) is 1. The summed E-state index contributed by atoms with van der Waals surface area (Å²) in [6, 6.07) is 8.37. The Bertz CT molecular complexity index is 889. The van der Waals surface area contributed by atoms with Gasteiger partial charge in [-0.1, -0.05) is 6.07 Å². The summed E-state index contributed by atoms with van der Waals surface area (Å²) in [5.74, 6) is -0.235. The standard InChI is InChI=1S/C20H19F4NO5/c1-27-15-7-3-12(9-17(15)28-2)11-25-18(26)8-5-13-4-6-14(29-19(21)22)10-16(13)30-20(23)24/h3-10,19-20H,11H2,1-2H3,(H,25,26)/b8-5+. The first-order valence-electron chi connectivity index (χ1n) is 8.53. The maximum atomic E-state index is 12.6. The summed E-state index contributed by atoms with van der Waals surface area (Å²) in [6.07, 6.45) is 2.32. The Morgan fingerprint density at radius 3 is 2.27 bits per heavy atom. The maximum Gasteiger partial charge on any atom is 0.387 e. The number of nitrogens with one attached hydrogen (secondary N) is 1. The minimum absolute atomic E-state index is 0.0817. The zero-order valence-electron chi connectivity index (χ0n) is 16.0. The van der Waals surface area contributed by atoms with E-state index in [1.165, 1.54) is 26.4 Å². The van der Waals surface area contributed by atoms with Crippen molar-refractivity contribution in [2.24, 2.45) is 0 Å². The molecule has 2 aromatic carbocycles. The molecule has 162 valence electrons. The summed E-state index contributed by atoms with van der Waals surface area (Å²) >= 11 is 0. The molecule has 0 saturated carbocycles. The first-order valence-corrected chi connectivity index (χ1v) is 8.53. The second-order valence-corrected chi connectivity index (χ2v) is 5.70. The molecule has 1 N–H and O–H groups in total. The van der Waals surface area contributed by atoms with E-state index >= 15 is 0 Å². The monoisotopic (exact) mass is 429 g/mol. The predicted octanol–water partition coefficient (Wildman–Crippen LogP) is 4.24. The normalized spacial score (nSPS) is 11.1. The van der Waals surface area contributed by atoms with Crippen LogP contribution < -0.4 is 24.3 Å². The van der Waals surface area contributed by atoms with Gasteiger partial charge in [0, 0.05) is 24.3 Å². The molecule has 0 atom stereocenters. The highest BCUT2D eigenvalue weighted by molar-refractivity contribution is 5.92. The van der Waals surface area contributed by atoms with Crippen LogP contribution in [-0.4, -0.2) is 33.3 Å². The lowest BCUT2D eigenvalue weighted by atomic mass is 10.1. The molecule has 0 aliphatic heterocycles. The van der Waals surface area contributed by atoms with Crippen LogP contribution in [0.4, 0.5) is 17.6 Å². The van der Waals surface area contributed by atoms with Crippen LogP contribution in [0, 0.1) is 0 Å². The van der Waals surface area contributed by atoms with E-state index in [0.717, 1.165) is 23.8 Å². The van der Waals surface area contributed by atoms with E-state index in [2.05, 4.69) is 14.8 Å². The SMILES string of the molecule is COc1ccc(CNC(=O)/C=C/c2ccc(OC(F)F)cc2OC(F)F)cc1OC. The van der Waals surface area contributed by atoms with Crippen molar-refractivity contribution in [2.75, 3.05) is 14.2 Å². The molecule has 0 spiro atoms. The number of carbonyl (C=O) groups excluding carboxylic acids is 1. The van der Waals surface area contributed by atoms with Crippen molar-refractivity contribution in [3.63, 3.8) is 0 Å². The summed E-state index contributed by atoms with van der Waals surface area (Å²) in [5.41, 5.74) is 0.822. The van der Waals surface area contributed by atoms with Crippen LogP contribution in [0.5, 0.6) is 23.0 Å². The molecule has 10 heteroatoms. The van der Waals surface area contributed by atoms with E-state index in [1.54, 1.807) is 18.2 Å². The zero-order valence-corrected chi connectivity index (χ0v) is 16.0. The number of carbonyl (C=O) groups is 1. The number of methoxy groups -OCH3 is 2. The maximum absolute atomic E-state index is 12.6. The van der Waals surface area contributed by atoms with Gasteiger partial charge in [-0.05, 0) is 35.9 Å². The van der Waals surface area contributed by atoms with Crippen LogP contribution in [-0.2, 0) is 11.3 Å². The average molecular weight is 429 g/mol. The Hall–Kier alpha value is -3.43. The molecule has 0 fully saturated rings. The number of amides is 1. The zero-order chi connectivity index (χ0) is 22.1. The molecule has 0 aromatic heterocycles. The number of hydrogen-bond acceptors (Lipinski definition) is 5. The second kappa shape index (κ2) is 10.9. The number of alkyl halides is 4. The van der Waals surface area contributed by atoms with Crippen LogP contribution in [0.1, 0.15) is 11.1 Å². The Morgan fingerprint density at radius 1 is 0.933 bits per heavy atom. The lowest BCUT2D eigenvalue weighted by Gasteiger charge is -2.11. The van der Waals surface area contributed by atoms with Gasteiger partial charge in [0.15, 0.2) is 11.5 Å². The van der Waals surface area contributed by atoms with Gasteiger partial charge in [0.25, 0.3) is 0 Å². The predicted molar refractivity (Wildman–Crippen MR) is 100 cm³/mol. The number of rotatable bonds is 10. The Kier molecular flexibility index (Phi) is 8.33. The molecular formula is C20H19F4NO5. The Balaban J connectivity index is 2.06. The summed E-state index contributed by atoms with van der Waals surface area (Å²) in [5, 5.41) is 2.62. The highest BCUT2D eigenvalue weighted by Gasteiger charge is 2.12. The largest absolute Gasteiger partial charge is 0.493 e. The highest BCUT2D eigenvalue weighted by Crippen LogP contribution is 2.29. The molecule has 2 aromatic rings. The first-order chi connectivity index (χ1) is 14.3. The molecule has 0 bridgehead atoms. The summed E-state index contributed by atoms with van der Waals surface area (Å²) in [4.78, 5) is 12.0. The molecule has 0 aliphatic rings. The molecule has 0 unspecified atom stereocenters. The van der Waals surface area contributed by atoms with Crippen LogP contribution >= 0.6 is 0 Å². The Morgan fingerprint density at radius 2 is 1.63 bits per heavy atom. The van der Waals surface area contributed by atoms with E-state index in [1.807, 2.05) is 0 Å². The molecular weight excluding hydrogens is 410 g/mol. The smallest absolute Gasteiger partial charge is 0.387 e. The van der Waals surface area contributed by atoms with Gasteiger partial charge in [-0.25, -0.2) is 0 Å². The van der Waals surface area contributed by atoms with Gasteiger partial charge in [-0.3, -0.25) is 4.79 Å². The van der Waals surface area contributed by atoms with Gasteiger partial charge >= 0.3 is 13.2 Å². The first kappa shape index (κ1) is 22.9. The highest BCUT2D eigenvalue weighted by atomic mass is 19.3. The molecule has 2 rings (SSSR count). The third-order valence-electron chi connectivity index (χ3n) is 3.76. The summed E-state index contributed by atoms with van der Waals surface area (Å²) in [7, 11) is 2.99.